The summed E-state index contributed by atoms with van der Waals surface area (Å²) < 4.78 is 77.5. The van der Waals surface area contributed by atoms with Crippen molar-refractivity contribution in [3.05, 3.63) is 235 Å². The third-order valence-corrected chi connectivity index (χ3v) is 47.3. The van der Waals surface area contributed by atoms with E-state index in [1.54, 1.807) is 53.2 Å². The molecule has 0 radical (unpaired) electrons. The van der Waals surface area contributed by atoms with Crippen LogP contribution in [0.1, 0.15) is 153 Å². The van der Waals surface area contributed by atoms with Gasteiger partial charge in [-0.2, -0.15) is 20.2 Å². The molecule has 9 saturated heterocycles. The Morgan fingerprint density at radius 3 is 1.29 bits per heavy atom. The van der Waals surface area contributed by atoms with Gasteiger partial charge in [0.15, 0.2) is 11.2 Å². The summed E-state index contributed by atoms with van der Waals surface area (Å²) in [7, 11) is -9.98. The van der Waals surface area contributed by atoms with Crippen molar-refractivity contribution in [1.29, 1.82) is 5.26 Å². The van der Waals surface area contributed by atoms with Crippen LogP contribution >= 0.6 is 25.6 Å². The van der Waals surface area contributed by atoms with E-state index in [9.17, 15) is 19.2 Å². The molecule has 6 aromatic carbocycles. The van der Waals surface area contributed by atoms with Crippen molar-refractivity contribution in [2.24, 2.45) is 11.8 Å². The van der Waals surface area contributed by atoms with Crippen molar-refractivity contribution in [3.63, 3.8) is 0 Å². The molecule has 716 valence electrons. The van der Waals surface area contributed by atoms with Gasteiger partial charge in [-0.3, -0.25) is 28.8 Å². The van der Waals surface area contributed by atoms with E-state index in [1.165, 1.54) is 42.1 Å². The van der Waals surface area contributed by atoms with Gasteiger partial charge in [-0.25, -0.2) is 23.8 Å². The third-order valence-electron chi connectivity index (χ3n) is 28.5. The summed E-state index contributed by atoms with van der Waals surface area (Å²) >= 11 is 0. The predicted octanol–water partition coefficient (Wildman–Crippen LogP) is 15.6. The van der Waals surface area contributed by atoms with Crippen LogP contribution in [-0.4, -0.2) is 195 Å². The number of benzene rings is 6. The van der Waals surface area contributed by atoms with E-state index in [0.717, 1.165) is 89.1 Å². The van der Waals surface area contributed by atoms with E-state index in [2.05, 4.69) is 285 Å². The molecule has 10 aliphatic rings. The maximum Gasteiger partial charge on any atom is 0.351 e. The smallest absolute Gasteiger partial charge is 0.351 e. The van der Waals surface area contributed by atoms with Crippen LogP contribution in [0, 0.1) is 23.2 Å². The van der Waals surface area contributed by atoms with Gasteiger partial charge in [0.25, 0.3) is 31.5 Å². The van der Waals surface area contributed by atoms with Crippen LogP contribution in [0.5, 0.6) is 5.88 Å². The Kier molecular flexibility index (Phi) is 31.7. The molecule has 34 heteroatoms. The fraction of sp³-hybridized carbons (Fsp3) is 0.475. The number of anilines is 2. The molecule has 135 heavy (non-hydrogen) atoms. The number of carbonyl (C=O) groups is 3. The zero-order valence-electron chi connectivity index (χ0n) is 79.3. The topological polar surface area (TPSA) is 295 Å². The fourth-order valence-corrected chi connectivity index (χ4v) is 38.7. The molecule has 0 unspecified atom stereocenters. The van der Waals surface area contributed by atoms with Gasteiger partial charge < -0.3 is 61.6 Å². The Balaban J connectivity index is 0.000000149. The first-order chi connectivity index (χ1) is 65.4. The molecule has 0 spiro atoms. The molecule has 3 amide bonds. The van der Waals surface area contributed by atoms with Crippen LogP contribution < -0.4 is 57.5 Å². The zero-order valence-corrected chi connectivity index (χ0v) is 85.0. The SMILES string of the molecule is C=C1NC(=O)C(C)=CN1[C@H]1C[C@@H](O[P@@]2O[C@H](C[Si](C)(c3ccccc3)c3ccccc3)[C@@H]3CCCN32)[C@@H](CC)O1.CC[C@H]1O[C@@H](n2ccc(NC(=O)C(C)C)nc2=O)C[C@H]1O[P@]1O[C@@H](C[Si](C)(c2ccccc2)c2ccccc2)[C@H]2CCCN21.CC[C@H]1O[C@@H](n2cnc3c(OCCC#N)nc(NC(=O)C(C)C)nc32)C[C@H]1O[P@]1O[C@@H](C[Si](C)(c2ccccc2)c2ccccc2)[C@H]2CCCN21.[HH]. The maximum absolute atomic E-state index is 12.9. The standard InChI is InChI=1S/C37H46N7O5PSi.C33H43N4O5PSi.C31H40N3O4PSi.H2/c1-5-29-30(22-32(47-29)43-24-39-33-34(43)40-37(41-35(45)25(2)3)42-36(33)46-21-13-19-38)48-50-44-20-12-18-28(44)31(49-50)23-51(4,26-14-8-6-9-15-26)27-16-10-7-11-17-27;1-5-27-28(21-31(40-27)36-20-18-30(35-33(36)39)34-32(38)23(2)3)41-43-37-19-12-17-26(37)29(42-43)22-44(4,24-13-8-6-9-14-24)25-15-10-7-11-16-25;1-5-27-28(19-30(36-27)33-20-22(2)31(35)32-23(33)3)37-39-34-18-12-17-26(34)29(38-39)21-40(4,24-13-8-6-9-14-24)25-15-10-7-11-16-25;/h6-11,14-17,24-25,28-32H,5,12-13,18,20-23H2,1-4H3,(H,40,41,42,45);6-11,13-16,18,20,23,26-29,31H,5,12,17,19,21-22H2,1-4H3,(H,34,35,38,39);6-11,13-16,20,26-30H,3,5,12,17-19,21H2,1-2,4H3,(H,32,35);1H/t28-,29-,30-,31+,32-,50-;26-,27-,28-,29+,31-,43-;26-,27+,28+,29+,30+,39-;/m110./s1. The summed E-state index contributed by atoms with van der Waals surface area (Å²) in [6.45, 7) is 29.9. The van der Waals surface area contributed by atoms with E-state index < -0.39 is 67.9 Å². The summed E-state index contributed by atoms with van der Waals surface area (Å²) in [5.41, 5.74) is 1.10. The lowest BCUT2D eigenvalue weighted by Gasteiger charge is -2.32. The molecule has 13 heterocycles. The average molecular weight is 1940 g/mol. The number of imidazole rings is 1. The van der Waals surface area contributed by atoms with Crippen LogP contribution in [0.3, 0.4) is 0 Å². The maximum atomic E-state index is 12.9. The second kappa shape index (κ2) is 43.7. The van der Waals surface area contributed by atoms with Gasteiger partial charge in [-0.05, 0) is 88.9 Å². The summed E-state index contributed by atoms with van der Waals surface area (Å²) in [5.74, 6) is 0.137. The minimum Gasteiger partial charge on any atom is -0.475 e. The van der Waals surface area contributed by atoms with Crippen molar-refractivity contribution < 1.29 is 61.9 Å². The molecule has 3 N–H and O–H groups in total. The predicted molar refractivity (Wildman–Crippen MR) is 538 cm³/mol. The van der Waals surface area contributed by atoms with Crippen LogP contribution in [0.15, 0.2) is 230 Å². The number of amides is 3. The third kappa shape index (κ3) is 21.5. The van der Waals surface area contributed by atoms with E-state index in [0.29, 0.717) is 59.9 Å². The van der Waals surface area contributed by atoms with Crippen molar-refractivity contribution in [1.82, 2.24) is 53.3 Å². The summed E-state index contributed by atoms with van der Waals surface area (Å²) in [5, 5.41) is 25.9. The van der Waals surface area contributed by atoms with Gasteiger partial charge in [-0.15, -0.1) is 0 Å². The molecule has 19 rings (SSSR count). The Hall–Kier alpha value is -8.81. The van der Waals surface area contributed by atoms with Crippen molar-refractivity contribution >= 4 is 122 Å². The number of nitriles is 1. The Morgan fingerprint density at radius 2 is 0.911 bits per heavy atom. The van der Waals surface area contributed by atoms with Gasteiger partial charge in [0.2, 0.25) is 23.6 Å². The van der Waals surface area contributed by atoms with Crippen LogP contribution in [0.25, 0.3) is 11.2 Å². The van der Waals surface area contributed by atoms with E-state index >= 15 is 0 Å². The average Bonchev–Trinajstić information content (AvgIpc) is 1.52. The molecule has 0 saturated carbocycles. The molecule has 9 fully saturated rings. The number of hydrogen-bond donors (Lipinski definition) is 3. The van der Waals surface area contributed by atoms with E-state index in [4.69, 9.17) is 51.4 Å². The second-order valence-corrected chi connectivity index (χ2v) is 55.1. The largest absolute Gasteiger partial charge is 0.475 e. The molecule has 9 aromatic rings. The molecular weight excluding hydrogens is 1810 g/mol. The highest BCUT2D eigenvalue weighted by Crippen LogP contribution is 2.62. The lowest BCUT2D eigenvalue weighted by atomic mass is 10.1. The van der Waals surface area contributed by atoms with Crippen molar-refractivity contribution in [2.75, 3.05) is 36.9 Å². The first-order valence-corrected chi connectivity index (χ1v) is 59.9. The highest BCUT2D eigenvalue weighted by atomic mass is 31.2. The Bertz CT molecular complexity index is 5590. The van der Waals surface area contributed by atoms with Gasteiger partial charge in [-0.1, -0.05) is 288 Å². The number of nitrogens with zero attached hydrogens (tertiary/aromatic N) is 11. The van der Waals surface area contributed by atoms with Gasteiger partial charge in [0.05, 0.1) is 73.8 Å². The number of carbonyl (C=O) groups excluding carboxylic acids is 3. The Morgan fingerprint density at radius 1 is 0.533 bits per heavy atom. The number of aromatic nitrogens is 6. The van der Waals surface area contributed by atoms with E-state index in [-0.39, 0.29) is 123 Å². The van der Waals surface area contributed by atoms with Crippen LogP contribution in [0.2, 0.25) is 37.8 Å². The van der Waals surface area contributed by atoms with Crippen LogP contribution in [0.4, 0.5) is 11.8 Å². The van der Waals surface area contributed by atoms with Gasteiger partial charge in [0, 0.05) is 88.3 Å². The summed E-state index contributed by atoms with van der Waals surface area (Å²) in [6, 6.07) is 73.7. The number of hydrogen-bond acceptors (Lipinski definition) is 23. The Labute approximate surface area is 801 Å². The minimum atomic E-state index is -2.13. The highest BCUT2D eigenvalue weighted by molar-refractivity contribution is 7.45. The molecular formula is C101H131N14O14P3Si3. The lowest BCUT2D eigenvalue weighted by molar-refractivity contribution is -0.119. The van der Waals surface area contributed by atoms with Crippen molar-refractivity contribution in [2.45, 2.75) is 268 Å². The number of nitrogens with one attached hydrogen (secondary N) is 3. The first kappa shape index (κ1) is 97.8. The molecule has 3 aromatic heterocycles. The van der Waals surface area contributed by atoms with Crippen molar-refractivity contribution in [3.8, 4) is 11.9 Å². The van der Waals surface area contributed by atoms with Crippen LogP contribution in [-0.2, 0) is 55.7 Å². The number of rotatable bonds is 31. The lowest BCUT2D eigenvalue weighted by Crippen LogP contribution is -2.58. The first-order valence-electron chi connectivity index (χ1n) is 48.3. The summed E-state index contributed by atoms with van der Waals surface area (Å²) in [6.07, 6.45) is 14.7. The number of ether oxygens (including phenoxy) is 4. The molecule has 28 nitrogen and oxygen atoms in total. The summed E-state index contributed by atoms with van der Waals surface area (Å²) in [4.78, 5) is 69.3. The normalized spacial score (nSPS) is 27.4. The number of fused-ring (bicyclic) bond motifs is 4. The zero-order chi connectivity index (χ0) is 94.2. The molecule has 0 aliphatic carbocycles. The molecule has 10 aliphatic heterocycles. The second-order valence-electron chi connectivity index (χ2n) is 38.2. The fourth-order valence-electron chi connectivity index (χ4n) is 20.8. The van der Waals surface area contributed by atoms with Gasteiger partial charge in [0.1, 0.15) is 61.2 Å². The monoisotopic (exact) mass is 1940 g/mol. The highest BCUT2D eigenvalue weighted by Gasteiger charge is 2.57. The van der Waals surface area contributed by atoms with Gasteiger partial charge >= 0.3 is 5.69 Å². The quantitative estimate of drug-likeness (QED) is 0.0207. The molecule has 0 bridgehead atoms. The van der Waals surface area contributed by atoms with E-state index in [1.807, 2.05) is 15.7 Å². The minimum absolute atomic E-state index is 0. The molecule has 18 atom stereocenters.